The Bertz CT molecular complexity index is 251. The highest BCUT2D eigenvalue weighted by Gasteiger charge is 2.35. The topological polar surface area (TPSA) is 47.6 Å². The van der Waals surface area contributed by atoms with E-state index < -0.39 is 24.7 Å². The van der Waals surface area contributed by atoms with Gasteiger partial charge in [-0.2, -0.15) is 0 Å². The van der Waals surface area contributed by atoms with Crippen LogP contribution in [0.2, 0.25) is 0 Å². The third-order valence-corrected chi connectivity index (χ3v) is 2.50. The predicted octanol–water partition coefficient (Wildman–Crippen LogP) is 1.98. The minimum Gasteiger partial charge on any atom is -0.465 e. The lowest BCUT2D eigenvalue weighted by Crippen LogP contribution is -2.52. The molecule has 108 valence electrons. The second-order valence-corrected chi connectivity index (χ2v) is 4.32. The van der Waals surface area contributed by atoms with Crippen molar-refractivity contribution in [2.24, 2.45) is 0 Å². The Kier molecular flexibility index (Phi) is 8.02. The SMILES string of the molecule is CCNC(C)(CC(C)OCC(F)F)C(=O)OCC. The van der Waals surface area contributed by atoms with Gasteiger partial charge in [-0.15, -0.1) is 0 Å². The predicted molar refractivity (Wildman–Crippen MR) is 64.7 cm³/mol. The molecule has 0 aromatic rings. The molecule has 0 fully saturated rings. The summed E-state index contributed by atoms with van der Waals surface area (Å²) >= 11 is 0. The van der Waals surface area contributed by atoms with E-state index in [4.69, 9.17) is 9.47 Å². The molecule has 4 nitrogen and oxygen atoms in total. The van der Waals surface area contributed by atoms with E-state index in [9.17, 15) is 13.6 Å². The molecule has 0 aliphatic carbocycles. The first-order valence-electron chi connectivity index (χ1n) is 6.17. The maximum absolute atomic E-state index is 12.0. The first-order valence-corrected chi connectivity index (χ1v) is 6.17. The van der Waals surface area contributed by atoms with Crippen molar-refractivity contribution in [3.63, 3.8) is 0 Å². The minimum absolute atomic E-state index is 0.284. The van der Waals surface area contributed by atoms with Crippen molar-refractivity contribution < 1.29 is 23.0 Å². The average molecular weight is 267 g/mol. The molecule has 0 bridgehead atoms. The quantitative estimate of drug-likeness (QED) is 0.649. The summed E-state index contributed by atoms with van der Waals surface area (Å²) in [6.07, 6.45) is -2.67. The van der Waals surface area contributed by atoms with Gasteiger partial charge in [-0.25, -0.2) is 8.78 Å². The first-order chi connectivity index (χ1) is 8.35. The number of hydrogen-bond acceptors (Lipinski definition) is 4. The summed E-state index contributed by atoms with van der Waals surface area (Å²) < 4.78 is 34.0. The second kappa shape index (κ2) is 8.37. The van der Waals surface area contributed by atoms with E-state index in [-0.39, 0.29) is 19.0 Å². The highest BCUT2D eigenvalue weighted by atomic mass is 19.3. The third kappa shape index (κ3) is 6.26. The Morgan fingerprint density at radius 3 is 2.44 bits per heavy atom. The lowest BCUT2D eigenvalue weighted by Gasteiger charge is -2.30. The van der Waals surface area contributed by atoms with Gasteiger partial charge < -0.3 is 14.8 Å². The molecule has 0 radical (unpaired) electrons. The van der Waals surface area contributed by atoms with Crippen LogP contribution in [0.25, 0.3) is 0 Å². The van der Waals surface area contributed by atoms with Crippen molar-refractivity contribution in [1.29, 1.82) is 0 Å². The monoisotopic (exact) mass is 267 g/mol. The van der Waals surface area contributed by atoms with E-state index in [1.807, 2.05) is 6.92 Å². The lowest BCUT2D eigenvalue weighted by atomic mass is 9.94. The lowest BCUT2D eigenvalue weighted by molar-refractivity contribution is -0.152. The maximum Gasteiger partial charge on any atom is 0.326 e. The molecule has 18 heavy (non-hydrogen) atoms. The number of likely N-dealkylation sites (N-methyl/N-ethyl adjacent to an activating group) is 1. The third-order valence-electron chi connectivity index (χ3n) is 2.50. The molecule has 0 aromatic carbocycles. The molecule has 0 amide bonds. The Morgan fingerprint density at radius 1 is 1.39 bits per heavy atom. The summed E-state index contributed by atoms with van der Waals surface area (Å²) in [5, 5.41) is 3.02. The largest absolute Gasteiger partial charge is 0.465 e. The van der Waals surface area contributed by atoms with Crippen LogP contribution in [0, 0.1) is 0 Å². The molecule has 2 unspecified atom stereocenters. The molecule has 0 aliphatic heterocycles. The van der Waals surface area contributed by atoms with Crippen LogP contribution in [0.3, 0.4) is 0 Å². The molecule has 0 spiro atoms. The van der Waals surface area contributed by atoms with Gasteiger partial charge in [-0.3, -0.25) is 4.79 Å². The average Bonchev–Trinajstić information content (AvgIpc) is 2.27. The first kappa shape index (κ1) is 17.2. The summed E-state index contributed by atoms with van der Waals surface area (Å²) in [7, 11) is 0. The van der Waals surface area contributed by atoms with Crippen LogP contribution < -0.4 is 5.32 Å². The van der Waals surface area contributed by atoms with Gasteiger partial charge in [0.2, 0.25) is 0 Å². The van der Waals surface area contributed by atoms with Crippen LogP contribution in [0.5, 0.6) is 0 Å². The Morgan fingerprint density at radius 2 is 2.00 bits per heavy atom. The van der Waals surface area contributed by atoms with Crippen LogP contribution in [-0.4, -0.2) is 43.8 Å². The molecular weight excluding hydrogens is 244 g/mol. The number of carbonyl (C=O) groups excluding carboxylic acids is 1. The highest BCUT2D eigenvalue weighted by molar-refractivity contribution is 5.80. The maximum atomic E-state index is 12.0. The molecule has 0 rings (SSSR count). The molecule has 2 atom stereocenters. The van der Waals surface area contributed by atoms with Gasteiger partial charge in [0.25, 0.3) is 6.43 Å². The number of rotatable bonds is 9. The van der Waals surface area contributed by atoms with E-state index in [1.54, 1.807) is 20.8 Å². The van der Waals surface area contributed by atoms with E-state index >= 15 is 0 Å². The molecule has 6 heteroatoms. The van der Waals surface area contributed by atoms with E-state index in [0.29, 0.717) is 6.54 Å². The number of esters is 1. The molecule has 0 aromatic heterocycles. The number of alkyl halides is 2. The van der Waals surface area contributed by atoms with E-state index in [0.717, 1.165) is 0 Å². The summed E-state index contributed by atoms with van der Waals surface area (Å²) in [5.41, 5.74) is -0.910. The fourth-order valence-corrected chi connectivity index (χ4v) is 1.78. The summed E-state index contributed by atoms with van der Waals surface area (Å²) in [6, 6.07) is 0. The van der Waals surface area contributed by atoms with Crippen molar-refractivity contribution in [2.75, 3.05) is 19.8 Å². The molecule has 0 saturated carbocycles. The van der Waals surface area contributed by atoms with Crippen molar-refractivity contribution in [3.8, 4) is 0 Å². The fraction of sp³-hybridized carbons (Fsp3) is 0.917. The van der Waals surface area contributed by atoms with Crippen molar-refractivity contribution in [1.82, 2.24) is 5.32 Å². The van der Waals surface area contributed by atoms with E-state index in [1.165, 1.54) is 0 Å². The molecular formula is C12H23F2NO3. The number of halogens is 2. The second-order valence-electron chi connectivity index (χ2n) is 4.32. The van der Waals surface area contributed by atoms with Gasteiger partial charge in [0.15, 0.2) is 0 Å². The van der Waals surface area contributed by atoms with Gasteiger partial charge >= 0.3 is 5.97 Å². The van der Waals surface area contributed by atoms with Crippen LogP contribution in [-0.2, 0) is 14.3 Å². The summed E-state index contributed by atoms with van der Waals surface area (Å²) in [6.45, 7) is 7.19. The van der Waals surface area contributed by atoms with Gasteiger partial charge in [-0.05, 0) is 27.3 Å². The zero-order valence-corrected chi connectivity index (χ0v) is 11.5. The van der Waals surface area contributed by atoms with Crippen LogP contribution >= 0.6 is 0 Å². The Labute approximate surface area is 107 Å². The standard InChI is InChI=1S/C12H23F2NO3/c1-5-15-12(4,11(16)17-6-2)7-9(3)18-8-10(13)14/h9-10,15H,5-8H2,1-4H3. The Hall–Kier alpha value is -0.750. The van der Waals surface area contributed by atoms with Gasteiger partial charge in [0.05, 0.1) is 12.7 Å². The van der Waals surface area contributed by atoms with Crippen LogP contribution in [0.1, 0.15) is 34.1 Å². The number of carbonyl (C=O) groups is 1. The summed E-state index contributed by atoms with van der Waals surface area (Å²) in [4.78, 5) is 11.8. The highest BCUT2D eigenvalue weighted by Crippen LogP contribution is 2.17. The molecule has 0 heterocycles. The molecule has 0 aliphatic rings. The normalized spacial score (nSPS) is 16.4. The van der Waals surface area contributed by atoms with Crippen LogP contribution in [0.15, 0.2) is 0 Å². The zero-order chi connectivity index (χ0) is 14.2. The minimum atomic E-state index is -2.50. The van der Waals surface area contributed by atoms with Crippen molar-refractivity contribution in [3.05, 3.63) is 0 Å². The summed E-state index contributed by atoms with van der Waals surface area (Å²) in [5.74, 6) is -0.389. The smallest absolute Gasteiger partial charge is 0.326 e. The molecule has 0 saturated heterocycles. The van der Waals surface area contributed by atoms with Gasteiger partial charge in [-0.1, -0.05) is 6.92 Å². The molecule has 1 N–H and O–H groups in total. The number of hydrogen-bond donors (Lipinski definition) is 1. The Balaban J connectivity index is 4.44. The van der Waals surface area contributed by atoms with Gasteiger partial charge in [0, 0.05) is 6.42 Å². The van der Waals surface area contributed by atoms with Crippen LogP contribution in [0.4, 0.5) is 8.78 Å². The number of ether oxygens (including phenoxy) is 2. The van der Waals surface area contributed by atoms with Crippen molar-refractivity contribution in [2.45, 2.75) is 52.2 Å². The zero-order valence-electron chi connectivity index (χ0n) is 11.5. The number of nitrogens with one attached hydrogen (secondary N) is 1. The fourth-order valence-electron chi connectivity index (χ4n) is 1.78. The van der Waals surface area contributed by atoms with Gasteiger partial charge in [0.1, 0.15) is 12.1 Å². The van der Waals surface area contributed by atoms with Crippen molar-refractivity contribution >= 4 is 5.97 Å². The van der Waals surface area contributed by atoms with E-state index in [2.05, 4.69) is 5.32 Å².